The van der Waals surface area contributed by atoms with Crippen LogP contribution in [0.15, 0.2) is 0 Å². The van der Waals surface area contributed by atoms with Gasteiger partial charge in [-0.05, 0) is 12.3 Å². The second-order valence-electron chi connectivity index (χ2n) is 12.3. The lowest BCUT2D eigenvalue weighted by Gasteiger charge is -2.29. The molecule has 0 aromatic rings. The average molecular weight is 512 g/mol. The van der Waals surface area contributed by atoms with Gasteiger partial charge in [0.2, 0.25) is 0 Å². The van der Waals surface area contributed by atoms with Gasteiger partial charge in [-0.15, -0.1) is 0 Å². The second kappa shape index (κ2) is 23.0. The Labute approximate surface area is 224 Å². The van der Waals surface area contributed by atoms with Crippen molar-refractivity contribution >= 4 is 11.9 Å². The van der Waals surface area contributed by atoms with Crippen LogP contribution in [0, 0.1) is 5.92 Å². The van der Waals surface area contributed by atoms with Crippen LogP contribution in [-0.4, -0.2) is 50.2 Å². The number of likely N-dealkylation sites (N-methyl/N-ethyl adjacent to an activating group) is 1. The monoisotopic (exact) mass is 511 g/mol. The van der Waals surface area contributed by atoms with Crippen LogP contribution in [0.5, 0.6) is 0 Å². The van der Waals surface area contributed by atoms with Gasteiger partial charge in [0.1, 0.15) is 6.54 Å². The van der Waals surface area contributed by atoms with Crippen LogP contribution in [0.25, 0.3) is 0 Å². The van der Waals surface area contributed by atoms with Gasteiger partial charge >= 0.3 is 5.97 Å². The van der Waals surface area contributed by atoms with Crippen molar-refractivity contribution in [2.45, 2.75) is 155 Å². The zero-order valence-electron chi connectivity index (χ0n) is 24.8. The van der Waals surface area contributed by atoms with Crippen molar-refractivity contribution in [3.05, 3.63) is 0 Å². The molecule has 0 aromatic heterocycles. The molecule has 0 saturated carbocycles. The molecule has 2 atom stereocenters. The molecule has 0 radical (unpaired) electrons. The summed E-state index contributed by atoms with van der Waals surface area (Å²) >= 11 is 0. The molecule has 0 saturated heterocycles. The van der Waals surface area contributed by atoms with Gasteiger partial charge in [-0.3, -0.25) is 4.79 Å². The van der Waals surface area contributed by atoms with Gasteiger partial charge in [0.25, 0.3) is 0 Å². The Kier molecular flexibility index (Phi) is 22.3. The SMILES string of the molecule is CCCCCCCCCCCCCC(C)CCCCCCCCC(=O)OC(CC(=O)[O-])C[N+](C)(C)C. The van der Waals surface area contributed by atoms with E-state index < -0.39 is 12.1 Å². The van der Waals surface area contributed by atoms with Crippen molar-refractivity contribution in [3.8, 4) is 0 Å². The zero-order chi connectivity index (χ0) is 27.1. The topological polar surface area (TPSA) is 66.4 Å². The smallest absolute Gasteiger partial charge is 0.306 e. The first-order chi connectivity index (χ1) is 17.1. The van der Waals surface area contributed by atoms with Crippen LogP contribution in [-0.2, 0) is 14.3 Å². The molecular weight excluding hydrogens is 450 g/mol. The Bertz CT molecular complexity index is 529. The van der Waals surface area contributed by atoms with Crippen LogP contribution >= 0.6 is 0 Å². The van der Waals surface area contributed by atoms with E-state index in [1.807, 2.05) is 21.1 Å². The number of ether oxygens (including phenoxy) is 1. The van der Waals surface area contributed by atoms with Crippen LogP contribution in [0.1, 0.15) is 149 Å². The van der Waals surface area contributed by atoms with E-state index in [0.717, 1.165) is 25.2 Å². The number of carboxylic acid groups (broad SMARTS) is 1. The first kappa shape index (κ1) is 34.9. The lowest BCUT2D eigenvalue weighted by molar-refractivity contribution is -0.873. The van der Waals surface area contributed by atoms with Gasteiger partial charge < -0.3 is 19.1 Å². The third-order valence-electron chi connectivity index (χ3n) is 7.07. The Hall–Kier alpha value is -1.10. The second-order valence-corrected chi connectivity index (χ2v) is 12.3. The third-order valence-corrected chi connectivity index (χ3v) is 7.07. The molecule has 0 aliphatic heterocycles. The number of rotatable bonds is 26. The molecule has 0 fully saturated rings. The fraction of sp³-hybridized carbons (Fsp3) is 0.935. The molecule has 0 aliphatic carbocycles. The van der Waals surface area contributed by atoms with Gasteiger partial charge in [0, 0.05) is 18.8 Å². The highest BCUT2D eigenvalue weighted by Gasteiger charge is 2.22. The summed E-state index contributed by atoms with van der Waals surface area (Å²) in [6, 6.07) is 0. The summed E-state index contributed by atoms with van der Waals surface area (Å²) in [7, 11) is 5.86. The maximum atomic E-state index is 12.1. The molecule has 0 rings (SSSR count). The molecule has 5 nitrogen and oxygen atoms in total. The lowest BCUT2D eigenvalue weighted by Crippen LogP contribution is -2.45. The highest BCUT2D eigenvalue weighted by Crippen LogP contribution is 2.19. The molecule has 0 bridgehead atoms. The van der Waals surface area contributed by atoms with Gasteiger partial charge in [0.15, 0.2) is 6.10 Å². The van der Waals surface area contributed by atoms with Gasteiger partial charge in [0.05, 0.1) is 21.1 Å². The molecule has 214 valence electrons. The highest BCUT2D eigenvalue weighted by molar-refractivity contribution is 5.70. The summed E-state index contributed by atoms with van der Waals surface area (Å²) in [4.78, 5) is 23.0. The maximum Gasteiger partial charge on any atom is 0.306 e. The molecule has 0 aromatic carbocycles. The van der Waals surface area contributed by atoms with Crippen molar-refractivity contribution in [1.29, 1.82) is 0 Å². The van der Waals surface area contributed by atoms with Crippen LogP contribution in [0.2, 0.25) is 0 Å². The van der Waals surface area contributed by atoms with Crippen LogP contribution in [0.3, 0.4) is 0 Å². The summed E-state index contributed by atoms with van der Waals surface area (Å²) in [5.74, 6) is -0.612. The fourth-order valence-electron chi connectivity index (χ4n) is 4.96. The lowest BCUT2D eigenvalue weighted by atomic mass is 9.95. The molecular formula is C31H61NO4. The summed E-state index contributed by atoms with van der Waals surface area (Å²) in [6.07, 6.45) is 24.6. The highest BCUT2D eigenvalue weighted by atomic mass is 16.5. The first-order valence-corrected chi connectivity index (χ1v) is 15.3. The molecule has 36 heavy (non-hydrogen) atoms. The molecule has 0 N–H and O–H groups in total. The van der Waals surface area contributed by atoms with E-state index in [0.29, 0.717) is 17.4 Å². The maximum absolute atomic E-state index is 12.1. The Morgan fingerprint density at radius 2 is 1.11 bits per heavy atom. The minimum Gasteiger partial charge on any atom is -0.550 e. The van der Waals surface area contributed by atoms with Crippen molar-refractivity contribution in [2.24, 2.45) is 5.92 Å². The van der Waals surface area contributed by atoms with E-state index in [4.69, 9.17) is 4.74 Å². The number of unbranched alkanes of at least 4 members (excludes halogenated alkanes) is 15. The average Bonchev–Trinajstić information content (AvgIpc) is 2.77. The minimum atomic E-state index is -1.17. The fourth-order valence-corrected chi connectivity index (χ4v) is 4.96. The number of aliphatic carboxylic acids is 1. The Morgan fingerprint density at radius 1 is 0.694 bits per heavy atom. The summed E-state index contributed by atoms with van der Waals surface area (Å²) in [6.45, 7) is 5.16. The first-order valence-electron chi connectivity index (χ1n) is 15.3. The molecule has 5 heteroatoms. The van der Waals surface area contributed by atoms with E-state index in [1.54, 1.807) is 0 Å². The summed E-state index contributed by atoms with van der Waals surface area (Å²) in [5.41, 5.74) is 0. The number of hydrogen-bond acceptors (Lipinski definition) is 4. The quantitative estimate of drug-likeness (QED) is 0.0699. The number of carbonyl (C=O) groups excluding carboxylic acids is 2. The number of carboxylic acids is 1. The Balaban J connectivity index is 3.56. The molecule has 0 aliphatic rings. The van der Waals surface area contributed by atoms with Crippen molar-refractivity contribution in [1.82, 2.24) is 0 Å². The zero-order valence-corrected chi connectivity index (χ0v) is 24.8. The van der Waals surface area contributed by atoms with Crippen LogP contribution in [0.4, 0.5) is 0 Å². The van der Waals surface area contributed by atoms with Crippen LogP contribution < -0.4 is 5.11 Å². The number of quaternary nitrogens is 1. The third kappa shape index (κ3) is 26.0. The molecule has 0 amide bonds. The molecule has 0 spiro atoms. The Morgan fingerprint density at radius 3 is 1.53 bits per heavy atom. The van der Waals surface area contributed by atoms with Crippen molar-refractivity contribution in [3.63, 3.8) is 0 Å². The summed E-state index contributed by atoms with van der Waals surface area (Å²) < 4.78 is 5.96. The molecule has 0 heterocycles. The van der Waals surface area contributed by atoms with E-state index in [-0.39, 0.29) is 12.4 Å². The van der Waals surface area contributed by atoms with Gasteiger partial charge in [-0.25, -0.2) is 0 Å². The minimum absolute atomic E-state index is 0.237. The standard InChI is InChI=1S/C31H61NO4/c1-6-7-8-9-10-11-12-13-14-17-20-23-28(2)24-21-18-15-16-19-22-25-31(35)36-29(26-30(33)34)27-32(3,4)5/h28-29H,6-27H2,1-5H3. The number of nitrogens with zero attached hydrogens (tertiary/aromatic N) is 1. The van der Waals surface area contributed by atoms with Crippen molar-refractivity contribution in [2.75, 3.05) is 27.7 Å². The van der Waals surface area contributed by atoms with E-state index in [1.165, 1.54) is 103 Å². The number of carbonyl (C=O) groups is 2. The van der Waals surface area contributed by atoms with E-state index >= 15 is 0 Å². The number of esters is 1. The van der Waals surface area contributed by atoms with Gasteiger partial charge in [-0.2, -0.15) is 0 Å². The predicted octanol–water partition coefficient (Wildman–Crippen LogP) is 7.20. The largest absolute Gasteiger partial charge is 0.550 e. The van der Waals surface area contributed by atoms with Crippen molar-refractivity contribution < 1.29 is 23.9 Å². The predicted molar refractivity (Wildman–Crippen MR) is 150 cm³/mol. The van der Waals surface area contributed by atoms with Gasteiger partial charge in [-0.1, -0.05) is 129 Å². The summed E-state index contributed by atoms with van der Waals surface area (Å²) in [5, 5.41) is 10.9. The van der Waals surface area contributed by atoms with E-state index in [2.05, 4.69) is 13.8 Å². The normalized spacial score (nSPS) is 13.5. The molecule has 2 unspecified atom stereocenters. The number of hydrogen-bond donors (Lipinski definition) is 0. The van der Waals surface area contributed by atoms with E-state index in [9.17, 15) is 14.7 Å².